The van der Waals surface area contributed by atoms with Gasteiger partial charge in [-0.05, 0) is 42.7 Å². The molecule has 0 aliphatic carbocycles. The molecule has 0 radical (unpaired) electrons. The molecule has 0 saturated heterocycles. The molecule has 0 fully saturated rings. The van der Waals surface area contributed by atoms with E-state index in [9.17, 15) is 10.0 Å². The highest BCUT2D eigenvalue weighted by Gasteiger charge is 2.24. The van der Waals surface area contributed by atoms with Crippen LogP contribution >= 0.6 is 0 Å². The molecule has 1 rings (SSSR count). The lowest BCUT2D eigenvalue weighted by atomic mass is 9.75. The van der Waals surface area contributed by atoms with Gasteiger partial charge < -0.3 is 5.21 Å². The molecular formula is C17H29NO2. The Hall–Kier alpha value is -1.25. The molecule has 3 heteroatoms. The number of nitrogens with zero attached hydrogens (tertiary/aromatic N) is 1. The highest BCUT2D eigenvalue weighted by atomic mass is 16.5. The van der Waals surface area contributed by atoms with E-state index in [4.69, 9.17) is 0 Å². The number of pyridine rings is 1. The summed E-state index contributed by atoms with van der Waals surface area (Å²) in [6.45, 7) is 10.9. The van der Waals surface area contributed by atoms with Gasteiger partial charge in [-0.15, -0.1) is 0 Å². The van der Waals surface area contributed by atoms with E-state index in [2.05, 4.69) is 27.7 Å². The first-order valence-electron chi connectivity index (χ1n) is 7.77. The zero-order chi connectivity index (χ0) is 15.3. The van der Waals surface area contributed by atoms with Gasteiger partial charge in [-0.1, -0.05) is 47.0 Å². The normalized spacial score (nSPS) is 13.4. The van der Waals surface area contributed by atoms with Gasteiger partial charge in [0.15, 0.2) is 0 Å². The first kappa shape index (κ1) is 16.8. The summed E-state index contributed by atoms with van der Waals surface area (Å²) in [4.78, 5) is 11.6. The van der Waals surface area contributed by atoms with E-state index in [1.807, 2.05) is 13.0 Å². The summed E-state index contributed by atoms with van der Waals surface area (Å²) in [5.74, 6) is 0.500. The van der Waals surface area contributed by atoms with Crippen LogP contribution in [0.15, 0.2) is 16.9 Å². The Balaban J connectivity index is 2.92. The lowest BCUT2D eigenvalue weighted by molar-refractivity contribution is 0.155. The molecule has 0 aliphatic rings. The van der Waals surface area contributed by atoms with E-state index >= 15 is 0 Å². The molecule has 1 aromatic rings. The smallest absolute Gasteiger partial charge is 0.283 e. The monoisotopic (exact) mass is 279 g/mol. The van der Waals surface area contributed by atoms with Gasteiger partial charge in [0, 0.05) is 6.07 Å². The molecule has 1 heterocycles. The topological polar surface area (TPSA) is 42.2 Å². The van der Waals surface area contributed by atoms with Crippen LogP contribution in [-0.4, -0.2) is 9.94 Å². The maximum absolute atomic E-state index is 11.6. The molecule has 1 atom stereocenters. The van der Waals surface area contributed by atoms with Gasteiger partial charge in [0.1, 0.15) is 0 Å². The molecule has 1 N–H and O–H groups in total. The van der Waals surface area contributed by atoms with Crippen molar-refractivity contribution in [3.63, 3.8) is 0 Å². The van der Waals surface area contributed by atoms with E-state index in [0.717, 1.165) is 35.3 Å². The number of aromatic nitrogens is 1. The molecule has 114 valence electrons. The highest BCUT2D eigenvalue weighted by molar-refractivity contribution is 5.16. The highest BCUT2D eigenvalue weighted by Crippen LogP contribution is 2.35. The van der Waals surface area contributed by atoms with E-state index in [0.29, 0.717) is 11.3 Å². The summed E-state index contributed by atoms with van der Waals surface area (Å²) in [6.07, 6.45) is 5.30. The third kappa shape index (κ3) is 4.12. The SMILES string of the molecule is CCC(Cc1cc(C)cc(=O)n1O)CC(C)(CC)CC. The molecule has 3 nitrogen and oxygen atoms in total. The van der Waals surface area contributed by atoms with Gasteiger partial charge in [0.2, 0.25) is 0 Å². The summed E-state index contributed by atoms with van der Waals surface area (Å²) in [7, 11) is 0. The lowest BCUT2D eigenvalue weighted by Gasteiger charge is -2.31. The Kier molecular flexibility index (Phi) is 5.85. The lowest BCUT2D eigenvalue weighted by Crippen LogP contribution is -2.25. The molecule has 1 unspecified atom stereocenters. The molecule has 0 amide bonds. The van der Waals surface area contributed by atoms with Crippen LogP contribution in [0.1, 0.15) is 64.6 Å². The minimum Gasteiger partial charge on any atom is -0.425 e. The first-order chi connectivity index (χ1) is 9.35. The Morgan fingerprint density at radius 2 is 1.85 bits per heavy atom. The third-order valence-electron chi connectivity index (χ3n) is 4.79. The van der Waals surface area contributed by atoms with Crippen molar-refractivity contribution in [1.82, 2.24) is 4.73 Å². The van der Waals surface area contributed by atoms with Gasteiger partial charge in [-0.25, -0.2) is 0 Å². The molecule has 20 heavy (non-hydrogen) atoms. The standard InChI is InChI=1S/C17H29NO2/c1-6-14(12-17(5,7-2)8-3)11-15-9-13(4)10-16(19)18(15)20/h9-10,14,20H,6-8,11-12H2,1-5H3. The second kappa shape index (κ2) is 6.96. The fraction of sp³-hybridized carbons (Fsp3) is 0.706. The molecule has 1 aromatic heterocycles. The van der Waals surface area contributed by atoms with Crippen molar-refractivity contribution < 1.29 is 5.21 Å². The second-order valence-electron chi connectivity index (χ2n) is 6.37. The second-order valence-corrected chi connectivity index (χ2v) is 6.37. The van der Waals surface area contributed by atoms with Crippen LogP contribution in [0.5, 0.6) is 0 Å². The van der Waals surface area contributed by atoms with Crippen LogP contribution in [0.4, 0.5) is 0 Å². The molecule has 0 aromatic carbocycles. The quantitative estimate of drug-likeness (QED) is 0.761. The summed E-state index contributed by atoms with van der Waals surface area (Å²) in [5, 5.41) is 9.88. The van der Waals surface area contributed by atoms with Gasteiger partial charge in [-0.3, -0.25) is 4.79 Å². The average Bonchev–Trinajstić information content (AvgIpc) is 2.43. The van der Waals surface area contributed by atoms with E-state index in [1.165, 1.54) is 18.9 Å². The summed E-state index contributed by atoms with van der Waals surface area (Å²) >= 11 is 0. The largest absolute Gasteiger partial charge is 0.425 e. The van der Waals surface area contributed by atoms with E-state index in [1.54, 1.807) is 0 Å². The summed E-state index contributed by atoms with van der Waals surface area (Å²) in [5.41, 5.74) is 1.67. The number of hydrogen-bond donors (Lipinski definition) is 1. The number of rotatable bonds is 7. The van der Waals surface area contributed by atoms with Crippen molar-refractivity contribution >= 4 is 0 Å². The molecule has 0 spiro atoms. The van der Waals surface area contributed by atoms with Crippen molar-refractivity contribution in [2.75, 3.05) is 0 Å². The van der Waals surface area contributed by atoms with Crippen molar-refractivity contribution in [1.29, 1.82) is 0 Å². The van der Waals surface area contributed by atoms with Crippen LogP contribution in [0.2, 0.25) is 0 Å². The maximum atomic E-state index is 11.6. The minimum atomic E-state index is -0.330. The van der Waals surface area contributed by atoms with E-state index < -0.39 is 0 Å². The molecular weight excluding hydrogens is 250 g/mol. The fourth-order valence-corrected chi connectivity index (χ4v) is 2.80. The van der Waals surface area contributed by atoms with Gasteiger partial charge in [0.25, 0.3) is 5.56 Å². The minimum absolute atomic E-state index is 0.330. The zero-order valence-electron chi connectivity index (χ0n) is 13.6. The fourth-order valence-electron chi connectivity index (χ4n) is 2.80. The molecule has 0 bridgehead atoms. The Morgan fingerprint density at radius 1 is 1.25 bits per heavy atom. The summed E-state index contributed by atoms with van der Waals surface area (Å²) < 4.78 is 0.810. The molecule has 0 saturated carbocycles. The van der Waals surface area contributed by atoms with Crippen molar-refractivity contribution in [3.8, 4) is 0 Å². The zero-order valence-corrected chi connectivity index (χ0v) is 13.6. The first-order valence-corrected chi connectivity index (χ1v) is 7.77. The van der Waals surface area contributed by atoms with Crippen molar-refractivity contribution in [3.05, 3.63) is 33.7 Å². The Labute approximate surface area is 122 Å². The third-order valence-corrected chi connectivity index (χ3v) is 4.79. The average molecular weight is 279 g/mol. The number of aryl methyl sites for hydroxylation is 1. The Bertz CT molecular complexity index is 486. The summed E-state index contributed by atoms with van der Waals surface area (Å²) in [6, 6.07) is 3.38. The van der Waals surface area contributed by atoms with E-state index in [-0.39, 0.29) is 5.56 Å². The number of hydrogen-bond acceptors (Lipinski definition) is 2. The van der Waals surface area contributed by atoms with Crippen LogP contribution < -0.4 is 5.56 Å². The van der Waals surface area contributed by atoms with Crippen molar-refractivity contribution in [2.24, 2.45) is 11.3 Å². The Morgan fingerprint density at radius 3 is 2.35 bits per heavy atom. The molecule has 0 aliphatic heterocycles. The van der Waals surface area contributed by atoms with Gasteiger partial charge >= 0.3 is 0 Å². The van der Waals surface area contributed by atoms with Crippen LogP contribution in [0.25, 0.3) is 0 Å². The van der Waals surface area contributed by atoms with Gasteiger partial charge in [-0.2, -0.15) is 4.73 Å². The van der Waals surface area contributed by atoms with Crippen LogP contribution in [0, 0.1) is 18.3 Å². The predicted octanol–water partition coefficient (Wildman–Crippen LogP) is 4.18. The van der Waals surface area contributed by atoms with Crippen LogP contribution in [-0.2, 0) is 6.42 Å². The van der Waals surface area contributed by atoms with Crippen LogP contribution in [0.3, 0.4) is 0 Å². The van der Waals surface area contributed by atoms with Crippen molar-refractivity contribution in [2.45, 2.75) is 66.7 Å². The maximum Gasteiger partial charge on any atom is 0.283 e. The van der Waals surface area contributed by atoms with Gasteiger partial charge in [0.05, 0.1) is 5.69 Å². The predicted molar refractivity (Wildman–Crippen MR) is 83.4 cm³/mol.